The third kappa shape index (κ3) is 2.91. The van der Waals surface area contributed by atoms with Crippen LogP contribution in [-0.4, -0.2) is 59.9 Å². The second-order valence-corrected chi connectivity index (χ2v) is 7.98. The van der Waals surface area contributed by atoms with E-state index >= 15 is 0 Å². The normalized spacial score (nSPS) is 29.2. The lowest BCUT2D eigenvalue weighted by Crippen LogP contribution is -2.57. The number of hydrogen-bond donors (Lipinski definition) is 2. The van der Waals surface area contributed by atoms with Crippen molar-refractivity contribution in [1.82, 2.24) is 20.4 Å². The maximum Gasteiger partial charge on any atom is 0.272 e. The second-order valence-electron chi connectivity index (χ2n) is 7.98. The lowest BCUT2D eigenvalue weighted by Gasteiger charge is -2.44. The first kappa shape index (κ1) is 16.3. The van der Waals surface area contributed by atoms with Crippen molar-refractivity contribution in [1.29, 1.82) is 0 Å². The molecule has 1 aromatic heterocycles. The number of benzene rings is 1. The van der Waals surface area contributed by atoms with Gasteiger partial charge in [0.25, 0.3) is 5.91 Å². The van der Waals surface area contributed by atoms with Gasteiger partial charge < -0.3 is 15.0 Å². The molecule has 4 aliphatic heterocycles. The Bertz CT molecular complexity index is 803. The van der Waals surface area contributed by atoms with E-state index in [-0.39, 0.29) is 11.9 Å². The summed E-state index contributed by atoms with van der Waals surface area (Å²) < 4.78 is 5.48. The maximum atomic E-state index is 12.9. The second kappa shape index (κ2) is 6.67. The average molecular weight is 354 g/mol. The van der Waals surface area contributed by atoms with Gasteiger partial charge in [0, 0.05) is 31.2 Å². The maximum absolute atomic E-state index is 12.9. The van der Waals surface area contributed by atoms with Crippen LogP contribution in [0, 0.1) is 5.92 Å². The number of piperidine rings is 3. The van der Waals surface area contributed by atoms with Crippen LogP contribution in [0.15, 0.2) is 18.2 Å². The lowest BCUT2D eigenvalue weighted by atomic mass is 9.84. The number of nitrogens with one attached hydrogen (secondary N) is 2. The van der Waals surface area contributed by atoms with E-state index in [1.165, 1.54) is 31.5 Å². The molecule has 0 saturated carbocycles. The number of fused-ring (bicyclic) bond motifs is 4. The Morgan fingerprint density at radius 2 is 2.00 bits per heavy atom. The number of nitrogens with zero attached hydrogens (tertiary/aromatic N) is 2. The number of carbonyl (C=O) groups excluding carboxylic acids is 1. The summed E-state index contributed by atoms with van der Waals surface area (Å²) in [6.45, 7) is 4.97. The summed E-state index contributed by atoms with van der Waals surface area (Å²) in [7, 11) is 0. The van der Waals surface area contributed by atoms with E-state index in [0.29, 0.717) is 17.5 Å². The molecule has 1 aromatic carbocycles. The van der Waals surface area contributed by atoms with E-state index in [2.05, 4.69) is 38.6 Å². The molecule has 4 aliphatic rings. The predicted molar refractivity (Wildman–Crippen MR) is 99.3 cm³/mol. The zero-order valence-electron chi connectivity index (χ0n) is 15.0. The topological polar surface area (TPSA) is 70.2 Å². The van der Waals surface area contributed by atoms with Gasteiger partial charge in [0.15, 0.2) is 5.69 Å². The van der Waals surface area contributed by atoms with Gasteiger partial charge >= 0.3 is 0 Å². The van der Waals surface area contributed by atoms with Crippen LogP contribution in [0.5, 0.6) is 0 Å². The van der Waals surface area contributed by atoms with E-state index in [0.717, 1.165) is 43.5 Å². The van der Waals surface area contributed by atoms with Crippen molar-refractivity contribution < 1.29 is 9.53 Å². The Labute approximate surface area is 153 Å². The van der Waals surface area contributed by atoms with Crippen LogP contribution in [0.3, 0.4) is 0 Å². The molecule has 1 atom stereocenters. The average Bonchev–Trinajstić information content (AvgIpc) is 3.13. The summed E-state index contributed by atoms with van der Waals surface area (Å²) >= 11 is 0. The third-order valence-corrected chi connectivity index (χ3v) is 6.47. The van der Waals surface area contributed by atoms with Gasteiger partial charge in [-0.25, -0.2) is 0 Å². The molecule has 2 N–H and O–H groups in total. The smallest absolute Gasteiger partial charge is 0.272 e. The van der Waals surface area contributed by atoms with Crippen LogP contribution in [0.2, 0.25) is 0 Å². The van der Waals surface area contributed by atoms with Crippen LogP contribution in [0.25, 0.3) is 10.9 Å². The largest absolute Gasteiger partial charge is 0.381 e. The zero-order chi connectivity index (χ0) is 17.5. The van der Waals surface area contributed by atoms with Crippen molar-refractivity contribution in [3.05, 3.63) is 29.5 Å². The fourth-order valence-corrected chi connectivity index (χ4v) is 4.85. The molecule has 2 aromatic rings. The monoisotopic (exact) mass is 354 g/mol. The zero-order valence-corrected chi connectivity index (χ0v) is 15.0. The van der Waals surface area contributed by atoms with E-state index in [1.807, 2.05) is 0 Å². The molecule has 1 amide bonds. The summed E-state index contributed by atoms with van der Waals surface area (Å²) in [6, 6.07) is 6.62. The van der Waals surface area contributed by atoms with Gasteiger partial charge in [-0.05, 0) is 68.3 Å². The molecule has 0 unspecified atom stereocenters. The van der Waals surface area contributed by atoms with Crippen molar-refractivity contribution in [3.63, 3.8) is 0 Å². The van der Waals surface area contributed by atoms with Crippen molar-refractivity contribution in [3.8, 4) is 0 Å². The minimum Gasteiger partial charge on any atom is -0.381 e. The number of amides is 1. The Kier molecular flexibility index (Phi) is 4.17. The van der Waals surface area contributed by atoms with Gasteiger partial charge in [-0.1, -0.05) is 6.07 Å². The van der Waals surface area contributed by atoms with Gasteiger partial charge in [0.1, 0.15) is 0 Å². The molecule has 6 heteroatoms. The predicted octanol–water partition coefficient (Wildman–Crippen LogP) is 2.28. The number of aromatic amines is 1. The lowest BCUT2D eigenvalue weighted by molar-refractivity contribution is 0.0618. The fourth-order valence-electron chi connectivity index (χ4n) is 4.85. The van der Waals surface area contributed by atoms with Gasteiger partial charge in [0.2, 0.25) is 0 Å². The SMILES string of the molecule is O=C(N[C@H]1CN2CCC1CC2)c1n[nH]c2ccc(C3CCOCC3)cc12. The summed E-state index contributed by atoms with van der Waals surface area (Å²) in [5, 5.41) is 11.6. The number of hydrogen-bond acceptors (Lipinski definition) is 4. The van der Waals surface area contributed by atoms with Gasteiger partial charge in [0.05, 0.1) is 5.52 Å². The molecule has 5 heterocycles. The van der Waals surface area contributed by atoms with Gasteiger partial charge in [-0.2, -0.15) is 5.10 Å². The summed E-state index contributed by atoms with van der Waals surface area (Å²) in [4.78, 5) is 15.4. The Hall–Kier alpha value is -1.92. The molecule has 6 rings (SSSR count). The van der Waals surface area contributed by atoms with Crippen LogP contribution in [0.4, 0.5) is 0 Å². The van der Waals surface area contributed by atoms with E-state index in [9.17, 15) is 4.79 Å². The minimum absolute atomic E-state index is 0.0425. The number of ether oxygens (including phenoxy) is 1. The van der Waals surface area contributed by atoms with E-state index in [1.54, 1.807) is 0 Å². The first-order valence-corrected chi connectivity index (χ1v) is 9.87. The molecular formula is C20H26N4O2. The standard InChI is InChI=1S/C20H26N4O2/c25-20(21-18-12-24-7-3-14(18)4-8-24)19-16-11-15(1-2-17(16)22-23-19)13-5-9-26-10-6-13/h1-2,11,13-14,18H,3-10,12H2,(H,21,25)(H,22,23)/t18-/m0/s1. The van der Waals surface area contributed by atoms with Crippen LogP contribution < -0.4 is 5.32 Å². The number of H-pyrrole nitrogens is 1. The number of carbonyl (C=O) groups is 1. The summed E-state index contributed by atoms with van der Waals surface area (Å²) in [5.41, 5.74) is 2.75. The highest BCUT2D eigenvalue weighted by Crippen LogP contribution is 2.31. The molecule has 26 heavy (non-hydrogen) atoms. The highest BCUT2D eigenvalue weighted by atomic mass is 16.5. The fraction of sp³-hybridized carbons (Fsp3) is 0.600. The Morgan fingerprint density at radius 1 is 1.19 bits per heavy atom. The Morgan fingerprint density at radius 3 is 2.73 bits per heavy atom. The minimum atomic E-state index is -0.0425. The summed E-state index contributed by atoms with van der Waals surface area (Å²) in [6.07, 6.45) is 4.48. The molecule has 4 saturated heterocycles. The van der Waals surface area contributed by atoms with Crippen molar-refractivity contribution >= 4 is 16.8 Å². The molecule has 0 spiro atoms. The van der Waals surface area contributed by atoms with E-state index < -0.39 is 0 Å². The van der Waals surface area contributed by atoms with Gasteiger partial charge in [-0.3, -0.25) is 9.89 Å². The molecular weight excluding hydrogens is 328 g/mol. The van der Waals surface area contributed by atoms with Crippen LogP contribution in [0.1, 0.15) is 47.7 Å². The Balaban J connectivity index is 1.38. The first-order valence-electron chi connectivity index (χ1n) is 9.87. The highest BCUT2D eigenvalue weighted by molar-refractivity contribution is 6.05. The van der Waals surface area contributed by atoms with Crippen molar-refractivity contribution in [2.45, 2.75) is 37.6 Å². The van der Waals surface area contributed by atoms with Gasteiger partial charge in [-0.15, -0.1) is 0 Å². The van der Waals surface area contributed by atoms with Crippen LogP contribution in [-0.2, 0) is 4.74 Å². The molecule has 6 nitrogen and oxygen atoms in total. The first-order chi connectivity index (χ1) is 12.8. The molecule has 138 valence electrons. The molecule has 4 fully saturated rings. The molecule has 0 aliphatic carbocycles. The quantitative estimate of drug-likeness (QED) is 0.887. The molecule has 2 bridgehead atoms. The third-order valence-electron chi connectivity index (χ3n) is 6.47. The van der Waals surface area contributed by atoms with Crippen molar-refractivity contribution in [2.24, 2.45) is 5.92 Å². The van der Waals surface area contributed by atoms with E-state index in [4.69, 9.17) is 4.74 Å². The summed E-state index contributed by atoms with van der Waals surface area (Å²) in [5.74, 6) is 1.09. The number of rotatable bonds is 3. The highest BCUT2D eigenvalue weighted by Gasteiger charge is 2.35. The van der Waals surface area contributed by atoms with Crippen LogP contribution >= 0.6 is 0 Å². The number of aromatic nitrogens is 2. The van der Waals surface area contributed by atoms with Crippen molar-refractivity contribution in [2.75, 3.05) is 32.8 Å². The molecule has 0 radical (unpaired) electrons.